The molecule has 1 amide bonds. The van der Waals surface area contributed by atoms with Crippen LogP contribution in [0.25, 0.3) is 10.9 Å². The molecular weight excluding hydrogens is 462 g/mol. The molecular formula is C24H22ClN3O4S. The van der Waals surface area contributed by atoms with E-state index in [9.17, 15) is 13.2 Å². The van der Waals surface area contributed by atoms with Crippen molar-refractivity contribution in [2.45, 2.75) is 11.3 Å². The van der Waals surface area contributed by atoms with Crippen molar-refractivity contribution in [3.8, 4) is 5.75 Å². The minimum Gasteiger partial charge on any atom is -0.497 e. The van der Waals surface area contributed by atoms with Gasteiger partial charge in [-0.1, -0.05) is 41.9 Å². The number of H-pyrrole nitrogens is 1. The number of rotatable bonds is 8. The monoisotopic (exact) mass is 483 g/mol. The van der Waals surface area contributed by atoms with Crippen molar-refractivity contribution >= 4 is 44.1 Å². The Morgan fingerprint density at radius 1 is 1.06 bits per heavy atom. The summed E-state index contributed by atoms with van der Waals surface area (Å²) in [5, 5.41) is 4.04. The van der Waals surface area contributed by atoms with Gasteiger partial charge in [-0.15, -0.1) is 0 Å². The Morgan fingerprint density at radius 3 is 2.58 bits per heavy atom. The summed E-state index contributed by atoms with van der Waals surface area (Å²) in [5.74, 6) is 0.420. The number of benzene rings is 3. The maximum absolute atomic E-state index is 13.0. The largest absolute Gasteiger partial charge is 0.497 e. The van der Waals surface area contributed by atoms with Gasteiger partial charge in [-0.25, -0.2) is 8.42 Å². The molecule has 0 aliphatic heterocycles. The van der Waals surface area contributed by atoms with E-state index in [4.69, 9.17) is 16.3 Å². The number of aromatic nitrogens is 1. The molecule has 170 valence electrons. The SMILES string of the molecule is COc1ccc(CCNC(=O)c2cccc(S(=O)(=O)Nc3cccc4c(Cl)c[nH]c34)c2)cc1. The van der Waals surface area contributed by atoms with E-state index in [1.807, 2.05) is 24.3 Å². The lowest BCUT2D eigenvalue weighted by Gasteiger charge is -2.11. The molecule has 33 heavy (non-hydrogen) atoms. The summed E-state index contributed by atoms with van der Waals surface area (Å²) in [7, 11) is -2.32. The van der Waals surface area contributed by atoms with E-state index in [2.05, 4.69) is 15.0 Å². The van der Waals surface area contributed by atoms with Gasteiger partial charge in [0.25, 0.3) is 15.9 Å². The number of para-hydroxylation sites is 1. The summed E-state index contributed by atoms with van der Waals surface area (Å²) in [6.07, 6.45) is 2.24. The van der Waals surface area contributed by atoms with Gasteiger partial charge >= 0.3 is 0 Å². The van der Waals surface area contributed by atoms with E-state index < -0.39 is 10.0 Å². The number of carbonyl (C=O) groups is 1. The molecule has 0 bridgehead atoms. The van der Waals surface area contributed by atoms with Crippen molar-refractivity contribution in [2.24, 2.45) is 0 Å². The summed E-state index contributed by atoms with van der Waals surface area (Å²) < 4.78 is 33.7. The molecule has 3 aromatic carbocycles. The molecule has 0 spiro atoms. The predicted molar refractivity (Wildman–Crippen MR) is 130 cm³/mol. The molecule has 7 nitrogen and oxygen atoms in total. The summed E-state index contributed by atoms with van der Waals surface area (Å²) in [6, 6.07) is 18.7. The number of methoxy groups -OCH3 is 1. The third kappa shape index (κ3) is 5.13. The molecule has 0 aliphatic carbocycles. The van der Waals surface area contributed by atoms with Gasteiger partial charge in [0.05, 0.1) is 28.2 Å². The number of amides is 1. The molecule has 0 aliphatic rings. The fraction of sp³-hybridized carbons (Fsp3) is 0.125. The zero-order valence-corrected chi connectivity index (χ0v) is 19.3. The Labute approximate surface area is 196 Å². The second kappa shape index (κ2) is 9.56. The van der Waals surface area contributed by atoms with Crippen LogP contribution in [-0.4, -0.2) is 33.0 Å². The molecule has 0 radical (unpaired) electrons. The van der Waals surface area contributed by atoms with Gasteiger partial charge in [-0.3, -0.25) is 9.52 Å². The summed E-state index contributed by atoms with van der Waals surface area (Å²) in [4.78, 5) is 15.5. The summed E-state index contributed by atoms with van der Waals surface area (Å²) >= 11 is 6.12. The van der Waals surface area contributed by atoms with Crippen molar-refractivity contribution in [1.29, 1.82) is 0 Å². The van der Waals surface area contributed by atoms with Gasteiger partial charge in [0.15, 0.2) is 0 Å². The Bertz CT molecular complexity index is 1400. The van der Waals surface area contributed by atoms with E-state index in [-0.39, 0.29) is 16.4 Å². The number of anilines is 1. The molecule has 9 heteroatoms. The quantitative estimate of drug-likeness (QED) is 0.341. The number of hydrogen-bond acceptors (Lipinski definition) is 4. The van der Waals surface area contributed by atoms with E-state index in [1.165, 1.54) is 12.1 Å². The average molecular weight is 484 g/mol. The van der Waals surface area contributed by atoms with Crippen LogP contribution in [0.2, 0.25) is 5.02 Å². The summed E-state index contributed by atoms with van der Waals surface area (Å²) in [6.45, 7) is 0.413. The van der Waals surface area contributed by atoms with Crippen molar-refractivity contribution < 1.29 is 17.9 Å². The minimum atomic E-state index is -3.93. The lowest BCUT2D eigenvalue weighted by atomic mass is 10.1. The zero-order valence-electron chi connectivity index (χ0n) is 17.8. The number of aromatic amines is 1. The maximum Gasteiger partial charge on any atom is 0.261 e. The van der Waals surface area contributed by atoms with Gasteiger partial charge in [0, 0.05) is 23.7 Å². The molecule has 4 rings (SSSR count). The van der Waals surface area contributed by atoms with Crippen LogP contribution in [0, 0.1) is 0 Å². The van der Waals surface area contributed by atoms with Crippen molar-refractivity contribution in [3.05, 3.63) is 89.1 Å². The molecule has 1 heterocycles. The first-order valence-electron chi connectivity index (χ1n) is 10.2. The van der Waals surface area contributed by atoms with Crippen LogP contribution in [0.3, 0.4) is 0 Å². The van der Waals surface area contributed by atoms with Crippen molar-refractivity contribution in [3.63, 3.8) is 0 Å². The van der Waals surface area contributed by atoms with Crippen LogP contribution in [-0.2, 0) is 16.4 Å². The van der Waals surface area contributed by atoms with Gasteiger partial charge < -0.3 is 15.0 Å². The number of carbonyl (C=O) groups excluding carboxylic acids is 1. The first-order chi connectivity index (χ1) is 15.9. The standard InChI is InChI=1S/C24H22ClN3O4S/c1-32-18-10-8-16(9-11-18)12-13-26-24(29)17-4-2-5-19(14-17)33(30,31)28-22-7-3-6-20-21(25)15-27-23(20)22/h2-11,14-15,27-28H,12-13H2,1H3,(H,26,29). The van der Waals surface area contributed by atoms with Gasteiger partial charge in [0.2, 0.25) is 0 Å². The predicted octanol–water partition coefficient (Wildman–Crippen LogP) is 4.60. The molecule has 0 unspecified atom stereocenters. The number of halogens is 1. The number of ether oxygens (including phenoxy) is 1. The van der Waals surface area contributed by atoms with Crippen LogP contribution >= 0.6 is 11.6 Å². The van der Waals surface area contributed by atoms with E-state index in [0.29, 0.717) is 34.6 Å². The third-order valence-corrected chi connectivity index (χ3v) is 6.85. The molecule has 0 fully saturated rings. The molecule has 3 N–H and O–H groups in total. The molecule has 4 aromatic rings. The van der Waals surface area contributed by atoms with E-state index in [0.717, 1.165) is 11.3 Å². The fourth-order valence-corrected chi connectivity index (χ4v) is 4.76. The second-order valence-electron chi connectivity index (χ2n) is 7.35. The average Bonchev–Trinajstić information content (AvgIpc) is 3.21. The number of hydrogen-bond donors (Lipinski definition) is 3. The highest BCUT2D eigenvalue weighted by molar-refractivity contribution is 7.92. The fourth-order valence-electron chi connectivity index (χ4n) is 3.43. The first-order valence-corrected chi connectivity index (χ1v) is 12.0. The molecule has 0 saturated heterocycles. The highest BCUT2D eigenvalue weighted by Gasteiger charge is 2.18. The zero-order chi connectivity index (χ0) is 23.4. The van der Waals surface area contributed by atoms with Crippen LogP contribution in [0.1, 0.15) is 15.9 Å². The van der Waals surface area contributed by atoms with Crippen LogP contribution in [0.5, 0.6) is 5.75 Å². The highest BCUT2D eigenvalue weighted by Crippen LogP contribution is 2.30. The van der Waals surface area contributed by atoms with Crippen molar-refractivity contribution in [2.75, 3.05) is 18.4 Å². The summed E-state index contributed by atoms with van der Waals surface area (Å²) in [5.41, 5.74) is 2.26. The third-order valence-electron chi connectivity index (χ3n) is 5.17. The lowest BCUT2D eigenvalue weighted by Crippen LogP contribution is -2.26. The van der Waals surface area contributed by atoms with Crippen LogP contribution in [0.15, 0.2) is 77.8 Å². The van der Waals surface area contributed by atoms with Crippen molar-refractivity contribution in [1.82, 2.24) is 10.3 Å². The smallest absolute Gasteiger partial charge is 0.261 e. The van der Waals surface area contributed by atoms with Crippen LogP contribution < -0.4 is 14.8 Å². The molecule has 0 atom stereocenters. The normalized spacial score (nSPS) is 11.3. The lowest BCUT2D eigenvalue weighted by molar-refractivity contribution is 0.0954. The van der Waals surface area contributed by atoms with E-state index >= 15 is 0 Å². The number of sulfonamides is 1. The first kappa shape index (κ1) is 22.7. The second-order valence-corrected chi connectivity index (χ2v) is 9.44. The Hall–Kier alpha value is -3.49. The molecule has 1 aromatic heterocycles. The van der Waals surface area contributed by atoms with Gasteiger partial charge in [-0.2, -0.15) is 0 Å². The van der Waals surface area contributed by atoms with Gasteiger partial charge in [-0.05, 0) is 48.4 Å². The minimum absolute atomic E-state index is 0.0139. The Kier molecular flexibility index (Phi) is 6.57. The molecule has 0 saturated carbocycles. The van der Waals surface area contributed by atoms with E-state index in [1.54, 1.807) is 43.6 Å². The highest BCUT2D eigenvalue weighted by atomic mass is 35.5. The van der Waals surface area contributed by atoms with Crippen LogP contribution in [0.4, 0.5) is 5.69 Å². The number of nitrogens with one attached hydrogen (secondary N) is 3. The maximum atomic E-state index is 13.0. The Balaban J connectivity index is 1.45. The van der Waals surface area contributed by atoms with Gasteiger partial charge in [0.1, 0.15) is 5.75 Å². The number of fused-ring (bicyclic) bond motifs is 1. The topological polar surface area (TPSA) is 100 Å². The Morgan fingerprint density at radius 2 is 1.82 bits per heavy atom.